The van der Waals surface area contributed by atoms with Crippen molar-refractivity contribution in [2.75, 3.05) is 36.5 Å². The van der Waals surface area contributed by atoms with Crippen molar-refractivity contribution in [3.63, 3.8) is 0 Å². The van der Waals surface area contributed by atoms with Crippen molar-refractivity contribution in [1.82, 2.24) is 4.98 Å². The average molecular weight is 343 g/mol. The Morgan fingerprint density at radius 1 is 1.29 bits per heavy atom. The fourth-order valence-corrected chi connectivity index (χ4v) is 2.91. The number of ether oxygens (including phenoxy) is 1. The summed E-state index contributed by atoms with van der Waals surface area (Å²) in [5, 5.41) is 12.6. The molecular weight excluding hydrogens is 324 g/mol. The standard InChI is InChI=1S/C18H19ClN4O/c1-13(22-18-17(19)10-14(11-20)12-21-18)15-2-4-16(5-3-15)23-6-8-24-9-7-23/h2-5,10,12-13H,6-9H2,1H3,(H,21,22)/t13-/m0/s1. The Morgan fingerprint density at radius 3 is 2.62 bits per heavy atom. The minimum Gasteiger partial charge on any atom is -0.378 e. The van der Waals surface area contributed by atoms with Crippen molar-refractivity contribution in [1.29, 1.82) is 5.26 Å². The molecule has 0 aliphatic carbocycles. The molecule has 24 heavy (non-hydrogen) atoms. The molecule has 1 fully saturated rings. The van der Waals surface area contributed by atoms with Gasteiger partial charge in [-0.05, 0) is 30.7 Å². The number of aromatic nitrogens is 1. The Bertz CT molecular complexity index is 736. The van der Waals surface area contributed by atoms with Crippen molar-refractivity contribution >= 4 is 23.1 Å². The minimum atomic E-state index is 0.0571. The second-order valence-corrected chi connectivity index (χ2v) is 6.13. The van der Waals surface area contributed by atoms with Crippen LogP contribution >= 0.6 is 11.6 Å². The number of nitriles is 1. The number of benzene rings is 1. The van der Waals surface area contributed by atoms with Gasteiger partial charge in [0.1, 0.15) is 11.9 Å². The average Bonchev–Trinajstić information content (AvgIpc) is 2.64. The van der Waals surface area contributed by atoms with Crippen LogP contribution in [-0.2, 0) is 4.74 Å². The van der Waals surface area contributed by atoms with Crippen molar-refractivity contribution in [2.45, 2.75) is 13.0 Å². The van der Waals surface area contributed by atoms with Gasteiger partial charge in [-0.15, -0.1) is 0 Å². The molecule has 5 nitrogen and oxygen atoms in total. The summed E-state index contributed by atoms with van der Waals surface area (Å²) in [5.74, 6) is 0.584. The number of anilines is 2. The predicted octanol–water partition coefficient (Wildman–Crippen LogP) is 3.62. The number of halogens is 1. The number of nitrogens with one attached hydrogen (secondary N) is 1. The van der Waals surface area contributed by atoms with Gasteiger partial charge in [0.15, 0.2) is 0 Å². The molecule has 1 N–H and O–H groups in total. The molecule has 0 spiro atoms. The molecule has 0 saturated carbocycles. The van der Waals surface area contributed by atoms with E-state index in [0.29, 0.717) is 16.4 Å². The second kappa shape index (κ2) is 7.52. The van der Waals surface area contributed by atoms with Crippen LogP contribution in [0.1, 0.15) is 24.1 Å². The number of pyridine rings is 1. The molecule has 1 aromatic heterocycles. The molecular formula is C18H19ClN4O. The van der Waals surface area contributed by atoms with Crippen LogP contribution in [0.2, 0.25) is 5.02 Å². The molecule has 1 atom stereocenters. The summed E-state index contributed by atoms with van der Waals surface area (Å²) >= 11 is 6.17. The lowest BCUT2D eigenvalue weighted by molar-refractivity contribution is 0.122. The van der Waals surface area contributed by atoms with Crippen molar-refractivity contribution < 1.29 is 4.74 Å². The predicted molar refractivity (Wildman–Crippen MR) is 95.5 cm³/mol. The van der Waals surface area contributed by atoms with Crippen LogP contribution in [0.3, 0.4) is 0 Å². The van der Waals surface area contributed by atoms with Crippen molar-refractivity contribution in [2.24, 2.45) is 0 Å². The number of rotatable bonds is 4. The molecule has 0 bridgehead atoms. The van der Waals surface area contributed by atoms with E-state index in [0.717, 1.165) is 31.9 Å². The molecule has 124 valence electrons. The molecule has 1 aliphatic rings. The first-order valence-corrected chi connectivity index (χ1v) is 8.30. The van der Waals surface area contributed by atoms with Gasteiger partial charge in [0.2, 0.25) is 0 Å². The molecule has 1 aliphatic heterocycles. The van der Waals surface area contributed by atoms with Crippen LogP contribution in [0.25, 0.3) is 0 Å². The van der Waals surface area contributed by atoms with E-state index < -0.39 is 0 Å². The Balaban J connectivity index is 1.68. The monoisotopic (exact) mass is 342 g/mol. The maximum Gasteiger partial charge on any atom is 0.145 e. The Morgan fingerprint density at radius 2 is 2.00 bits per heavy atom. The Kier molecular flexibility index (Phi) is 5.19. The summed E-state index contributed by atoms with van der Waals surface area (Å²) in [7, 11) is 0. The van der Waals surface area contributed by atoms with Crippen LogP contribution < -0.4 is 10.2 Å². The quantitative estimate of drug-likeness (QED) is 0.919. The van der Waals surface area contributed by atoms with Gasteiger partial charge in [0, 0.05) is 31.0 Å². The van der Waals surface area contributed by atoms with Crippen LogP contribution in [0, 0.1) is 11.3 Å². The molecule has 2 aromatic rings. The first-order valence-electron chi connectivity index (χ1n) is 7.92. The molecule has 1 saturated heterocycles. The third-order valence-electron chi connectivity index (χ3n) is 4.09. The topological polar surface area (TPSA) is 61.2 Å². The van der Waals surface area contributed by atoms with Crippen LogP contribution in [-0.4, -0.2) is 31.3 Å². The molecule has 2 heterocycles. The number of hydrogen-bond donors (Lipinski definition) is 1. The lowest BCUT2D eigenvalue weighted by Gasteiger charge is -2.29. The molecule has 6 heteroatoms. The highest BCUT2D eigenvalue weighted by atomic mass is 35.5. The fourth-order valence-electron chi connectivity index (χ4n) is 2.69. The van der Waals surface area contributed by atoms with E-state index in [1.807, 2.05) is 6.07 Å². The summed E-state index contributed by atoms with van der Waals surface area (Å²) in [6, 6.07) is 12.2. The van der Waals surface area contributed by atoms with E-state index in [2.05, 4.69) is 46.4 Å². The highest BCUT2D eigenvalue weighted by Gasteiger charge is 2.13. The largest absolute Gasteiger partial charge is 0.378 e. The smallest absolute Gasteiger partial charge is 0.145 e. The van der Waals surface area contributed by atoms with Gasteiger partial charge < -0.3 is 15.0 Å². The maximum atomic E-state index is 8.87. The number of morpholine rings is 1. The molecule has 1 aromatic carbocycles. The summed E-state index contributed by atoms with van der Waals surface area (Å²) in [6.07, 6.45) is 1.52. The summed E-state index contributed by atoms with van der Waals surface area (Å²) in [5.41, 5.74) is 2.81. The third-order valence-corrected chi connectivity index (χ3v) is 4.38. The zero-order chi connectivity index (χ0) is 16.9. The maximum absolute atomic E-state index is 8.87. The van der Waals surface area contributed by atoms with Gasteiger partial charge in [-0.2, -0.15) is 5.26 Å². The SMILES string of the molecule is C[C@H](Nc1ncc(C#N)cc1Cl)c1ccc(N2CCOCC2)cc1. The lowest BCUT2D eigenvalue weighted by atomic mass is 10.1. The zero-order valence-electron chi connectivity index (χ0n) is 13.5. The van der Waals surface area contributed by atoms with E-state index in [-0.39, 0.29) is 6.04 Å². The lowest BCUT2D eigenvalue weighted by Crippen LogP contribution is -2.36. The first kappa shape index (κ1) is 16.6. The molecule has 3 rings (SSSR count). The Hall–Kier alpha value is -2.29. The fraction of sp³-hybridized carbons (Fsp3) is 0.333. The highest BCUT2D eigenvalue weighted by Crippen LogP contribution is 2.26. The Labute approximate surface area is 146 Å². The normalized spacial score (nSPS) is 15.6. The van der Waals surface area contributed by atoms with Crippen molar-refractivity contribution in [3.05, 3.63) is 52.7 Å². The highest BCUT2D eigenvalue weighted by molar-refractivity contribution is 6.33. The minimum absolute atomic E-state index is 0.0571. The van der Waals surface area contributed by atoms with Gasteiger partial charge in [-0.25, -0.2) is 4.98 Å². The second-order valence-electron chi connectivity index (χ2n) is 5.72. The van der Waals surface area contributed by atoms with E-state index >= 15 is 0 Å². The number of nitrogens with zero attached hydrogens (tertiary/aromatic N) is 3. The van der Waals surface area contributed by atoms with Gasteiger partial charge in [-0.1, -0.05) is 23.7 Å². The number of hydrogen-bond acceptors (Lipinski definition) is 5. The molecule has 0 unspecified atom stereocenters. The van der Waals surface area contributed by atoms with Crippen molar-refractivity contribution in [3.8, 4) is 6.07 Å². The first-order chi connectivity index (χ1) is 11.7. The van der Waals surface area contributed by atoms with Gasteiger partial charge >= 0.3 is 0 Å². The molecule has 0 amide bonds. The molecule has 0 radical (unpaired) electrons. The zero-order valence-corrected chi connectivity index (χ0v) is 14.3. The summed E-state index contributed by atoms with van der Waals surface area (Å²) < 4.78 is 5.39. The van der Waals surface area contributed by atoms with Crippen LogP contribution in [0.4, 0.5) is 11.5 Å². The van der Waals surface area contributed by atoms with Crippen LogP contribution in [0.15, 0.2) is 36.5 Å². The van der Waals surface area contributed by atoms with E-state index in [9.17, 15) is 0 Å². The third kappa shape index (κ3) is 3.78. The summed E-state index contributed by atoms with van der Waals surface area (Å²) in [4.78, 5) is 6.54. The van der Waals surface area contributed by atoms with Gasteiger partial charge in [0.05, 0.1) is 23.8 Å². The van der Waals surface area contributed by atoms with E-state index in [4.69, 9.17) is 21.6 Å². The van der Waals surface area contributed by atoms with Gasteiger partial charge in [0.25, 0.3) is 0 Å². The van der Waals surface area contributed by atoms with Gasteiger partial charge in [-0.3, -0.25) is 0 Å². The van der Waals surface area contributed by atoms with E-state index in [1.54, 1.807) is 6.07 Å². The summed E-state index contributed by atoms with van der Waals surface area (Å²) in [6.45, 7) is 5.47. The van der Waals surface area contributed by atoms with E-state index in [1.165, 1.54) is 11.9 Å². The van der Waals surface area contributed by atoms with Crippen LogP contribution in [0.5, 0.6) is 0 Å².